The van der Waals surface area contributed by atoms with Crippen LogP contribution < -0.4 is 5.32 Å². The van der Waals surface area contributed by atoms with Crippen molar-refractivity contribution in [3.05, 3.63) is 36.5 Å². The van der Waals surface area contributed by atoms with E-state index in [0.29, 0.717) is 19.4 Å². The Morgan fingerprint density at radius 2 is 0.588 bits per heavy atom. The zero-order valence-corrected chi connectivity index (χ0v) is 57.6. The molecule has 2 atom stereocenters. The Labute approximate surface area is 532 Å². The highest BCUT2D eigenvalue weighted by atomic mass is 16.5. The molecule has 0 saturated carbocycles. The fourth-order valence-corrected chi connectivity index (χ4v) is 12.3. The molecule has 0 aromatic rings. The van der Waals surface area contributed by atoms with Gasteiger partial charge < -0.3 is 20.3 Å². The number of nitrogens with one attached hydrogen (secondary N) is 1. The van der Waals surface area contributed by atoms with Gasteiger partial charge in [-0.05, 0) is 64.2 Å². The van der Waals surface area contributed by atoms with Crippen LogP contribution >= 0.6 is 0 Å². The number of unbranched alkanes of at least 4 members (excludes halogenated alkanes) is 58. The molecule has 2 unspecified atom stereocenters. The zero-order valence-electron chi connectivity index (χ0n) is 57.6. The van der Waals surface area contributed by atoms with Gasteiger partial charge in [-0.3, -0.25) is 9.59 Å². The summed E-state index contributed by atoms with van der Waals surface area (Å²) in [5, 5.41) is 23.3. The predicted octanol–water partition coefficient (Wildman–Crippen LogP) is 25.4. The summed E-state index contributed by atoms with van der Waals surface area (Å²) in [7, 11) is 0. The van der Waals surface area contributed by atoms with Gasteiger partial charge in [-0.2, -0.15) is 0 Å². The Hall–Kier alpha value is -1.92. The summed E-state index contributed by atoms with van der Waals surface area (Å²) < 4.78 is 5.49. The summed E-state index contributed by atoms with van der Waals surface area (Å²) in [6, 6.07) is -0.628. The van der Waals surface area contributed by atoms with Crippen molar-refractivity contribution in [1.29, 1.82) is 0 Å². The summed E-state index contributed by atoms with van der Waals surface area (Å²) >= 11 is 0. The third-order valence-electron chi connectivity index (χ3n) is 18.2. The van der Waals surface area contributed by atoms with Gasteiger partial charge in [-0.15, -0.1) is 0 Å². The van der Waals surface area contributed by atoms with Crippen LogP contribution in [0.1, 0.15) is 431 Å². The third-order valence-corrected chi connectivity index (χ3v) is 18.2. The molecule has 0 heterocycles. The lowest BCUT2D eigenvalue weighted by atomic mass is 10.0. The van der Waals surface area contributed by atoms with Crippen molar-refractivity contribution in [2.75, 3.05) is 13.2 Å². The van der Waals surface area contributed by atoms with Gasteiger partial charge in [-0.1, -0.05) is 391 Å². The van der Waals surface area contributed by atoms with Gasteiger partial charge in [-0.25, -0.2) is 0 Å². The predicted molar refractivity (Wildman–Crippen MR) is 375 cm³/mol. The van der Waals surface area contributed by atoms with Crippen LogP contribution in [0.3, 0.4) is 0 Å². The highest BCUT2D eigenvalue weighted by Gasteiger charge is 2.18. The molecule has 0 aliphatic heterocycles. The molecule has 0 rings (SSSR count). The van der Waals surface area contributed by atoms with E-state index < -0.39 is 12.1 Å². The largest absolute Gasteiger partial charge is 0.466 e. The first-order valence-corrected chi connectivity index (χ1v) is 38.8. The minimum atomic E-state index is -0.845. The van der Waals surface area contributed by atoms with E-state index in [1.54, 1.807) is 6.08 Å². The van der Waals surface area contributed by atoms with Crippen LogP contribution in [0.4, 0.5) is 0 Å². The molecule has 0 aromatic carbocycles. The first-order valence-electron chi connectivity index (χ1n) is 38.8. The number of rotatable bonds is 73. The molecule has 6 heteroatoms. The number of aliphatic hydroxyl groups excluding tert-OH is 2. The summed E-state index contributed by atoms with van der Waals surface area (Å²) in [5.74, 6) is -0.0455. The van der Waals surface area contributed by atoms with Crippen LogP contribution in [0.25, 0.3) is 0 Å². The number of aliphatic hydroxyl groups is 2. The summed E-state index contributed by atoms with van der Waals surface area (Å²) in [5.41, 5.74) is 0. The van der Waals surface area contributed by atoms with Gasteiger partial charge in [0.25, 0.3) is 0 Å². The lowest BCUT2D eigenvalue weighted by Gasteiger charge is -2.20. The Bertz CT molecular complexity index is 1380. The fourth-order valence-electron chi connectivity index (χ4n) is 12.3. The van der Waals surface area contributed by atoms with E-state index in [-0.39, 0.29) is 18.5 Å². The lowest BCUT2D eigenvalue weighted by molar-refractivity contribution is -0.143. The number of hydrogen-bond acceptors (Lipinski definition) is 5. The minimum absolute atomic E-state index is 0.0161. The minimum Gasteiger partial charge on any atom is -0.466 e. The maximum atomic E-state index is 12.5. The number of esters is 1. The molecule has 6 nitrogen and oxygen atoms in total. The maximum absolute atomic E-state index is 12.5. The average molecular weight is 1200 g/mol. The zero-order chi connectivity index (χ0) is 61.3. The Kier molecular flexibility index (Phi) is 72.9. The highest BCUT2D eigenvalue weighted by Crippen LogP contribution is 2.19. The van der Waals surface area contributed by atoms with E-state index in [1.807, 2.05) is 6.08 Å². The Morgan fingerprint density at radius 1 is 0.329 bits per heavy atom. The van der Waals surface area contributed by atoms with Crippen molar-refractivity contribution in [2.24, 2.45) is 0 Å². The second kappa shape index (κ2) is 74.5. The average Bonchev–Trinajstić information content (AvgIpc) is 3.53. The molecule has 0 fully saturated rings. The molecule has 0 saturated heterocycles. The molecule has 3 N–H and O–H groups in total. The molecular formula is C79H151NO5. The fraction of sp³-hybridized carbons (Fsp3) is 0.899. The van der Waals surface area contributed by atoms with E-state index >= 15 is 0 Å². The first-order chi connectivity index (χ1) is 42.0. The second-order valence-corrected chi connectivity index (χ2v) is 26.7. The van der Waals surface area contributed by atoms with E-state index in [1.165, 1.54) is 360 Å². The van der Waals surface area contributed by atoms with Crippen molar-refractivity contribution < 1.29 is 24.5 Å². The van der Waals surface area contributed by atoms with Gasteiger partial charge in [0, 0.05) is 12.8 Å². The van der Waals surface area contributed by atoms with E-state index in [4.69, 9.17) is 4.74 Å². The first kappa shape index (κ1) is 83.1. The summed E-state index contributed by atoms with van der Waals surface area (Å²) in [6.45, 7) is 4.95. The van der Waals surface area contributed by atoms with E-state index in [0.717, 1.165) is 44.9 Å². The van der Waals surface area contributed by atoms with Crippen LogP contribution in [0.15, 0.2) is 36.5 Å². The molecule has 0 radical (unpaired) electrons. The van der Waals surface area contributed by atoms with Crippen LogP contribution in [-0.2, 0) is 14.3 Å². The molecule has 85 heavy (non-hydrogen) atoms. The number of carbonyl (C=O) groups excluding carboxylic acids is 2. The van der Waals surface area contributed by atoms with Crippen molar-refractivity contribution in [2.45, 2.75) is 443 Å². The summed E-state index contributed by atoms with van der Waals surface area (Å²) in [4.78, 5) is 24.6. The third kappa shape index (κ3) is 71.0. The quantitative estimate of drug-likeness (QED) is 0.0320. The number of amides is 1. The number of ether oxygens (including phenoxy) is 1. The van der Waals surface area contributed by atoms with Gasteiger partial charge in [0.2, 0.25) is 5.91 Å². The Balaban J connectivity index is 3.40. The molecule has 0 bridgehead atoms. The second-order valence-electron chi connectivity index (χ2n) is 26.7. The van der Waals surface area contributed by atoms with Crippen LogP contribution in [0.2, 0.25) is 0 Å². The van der Waals surface area contributed by atoms with Crippen molar-refractivity contribution in [3.8, 4) is 0 Å². The van der Waals surface area contributed by atoms with E-state index in [9.17, 15) is 19.8 Å². The molecule has 0 aliphatic carbocycles. The SMILES string of the molecule is CCCCCCCCCCCCCCCCCCCCCC/C=C/C(O)C(CO)NC(=O)CCCCCCCCCCCCCCCCCCC/C=C\C/C=C\CCCCCCCCCCCOC(=O)CCCCCCCCCCCCCCC. The lowest BCUT2D eigenvalue weighted by Crippen LogP contribution is -2.45. The maximum Gasteiger partial charge on any atom is 0.305 e. The molecule has 0 aliphatic rings. The van der Waals surface area contributed by atoms with Crippen molar-refractivity contribution in [1.82, 2.24) is 5.32 Å². The molecular weight excluding hydrogens is 1040 g/mol. The monoisotopic (exact) mass is 1190 g/mol. The van der Waals surface area contributed by atoms with E-state index in [2.05, 4.69) is 43.5 Å². The molecule has 502 valence electrons. The highest BCUT2D eigenvalue weighted by molar-refractivity contribution is 5.76. The summed E-state index contributed by atoms with van der Waals surface area (Å²) in [6.07, 6.45) is 96.9. The molecule has 0 spiro atoms. The normalized spacial score (nSPS) is 12.7. The van der Waals surface area contributed by atoms with Gasteiger partial charge in [0.05, 0.1) is 25.4 Å². The number of hydrogen-bond donors (Lipinski definition) is 3. The van der Waals surface area contributed by atoms with Gasteiger partial charge >= 0.3 is 5.97 Å². The Morgan fingerprint density at radius 3 is 0.894 bits per heavy atom. The van der Waals surface area contributed by atoms with Crippen LogP contribution in [-0.4, -0.2) is 47.4 Å². The van der Waals surface area contributed by atoms with Gasteiger partial charge in [0.15, 0.2) is 0 Å². The molecule has 1 amide bonds. The number of allylic oxidation sites excluding steroid dienone is 5. The van der Waals surface area contributed by atoms with Crippen molar-refractivity contribution in [3.63, 3.8) is 0 Å². The standard InChI is InChI=1S/C79H151NO5/c1-3-5-7-9-11-13-15-17-18-19-20-21-35-38-41-44-48-51-55-59-63-67-71-77(82)76(75-81)80-78(83)72-68-64-60-56-52-49-45-42-39-36-33-31-29-27-25-23-22-24-26-28-30-32-34-37-40-43-46-50-54-58-62-66-70-74-85-79(84)73-69-65-61-57-53-47-16-14-12-10-8-6-4-2/h26,28,32,34,67,71,76-77,81-82H,3-25,27,29-31,33,35-66,68-70,72-75H2,1-2H3,(H,80,83)/b28-26-,34-32-,71-67+. The van der Waals surface area contributed by atoms with Crippen LogP contribution in [0.5, 0.6) is 0 Å². The van der Waals surface area contributed by atoms with Gasteiger partial charge in [0.1, 0.15) is 0 Å². The molecule has 0 aromatic heterocycles. The van der Waals surface area contributed by atoms with Crippen molar-refractivity contribution >= 4 is 11.9 Å². The smallest absolute Gasteiger partial charge is 0.305 e. The topological polar surface area (TPSA) is 95.9 Å². The number of carbonyl (C=O) groups is 2. The van der Waals surface area contributed by atoms with Crippen LogP contribution in [0, 0.1) is 0 Å².